The fourth-order valence-electron chi connectivity index (χ4n) is 2.70. The second-order valence-electron chi connectivity index (χ2n) is 5.72. The van der Waals surface area contributed by atoms with Crippen molar-refractivity contribution in [1.82, 2.24) is 4.31 Å². The van der Waals surface area contributed by atoms with Crippen LogP contribution in [0.25, 0.3) is 0 Å². The highest BCUT2D eigenvalue weighted by Crippen LogP contribution is 2.28. The molecule has 1 aliphatic rings. The molecule has 116 valence electrons. The molecule has 1 aromatic carbocycles. The van der Waals surface area contributed by atoms with Gasteiger partial charge in [-0.05, 0) is 49.8 Å². The lowest BCUT2D eigenvalue weighted by molar-refractivity contribution is -0.137. The second-order valence-corrected chi connectivity index (χ2v) is 7.63. The van der Waals surface area contributed by atoms with Gasteiger partial charge in [-0.1, -0.05) is 12.1 Å². The molecule has 0 aromatic heterocycles. The van der Waals surface area contributed by atoms with Crippen molar-refractivity contribution in [3.63, 3.8) is 0 Å². The summed E-state index contributed by atoms with van der Waals surface area (Å²) in [5.74, 6) is -0.688. The van der Waals surface area contributed by atoms with Gasteiger partial charge in [0.2, 0.25) is 10.0 Å². The summed E-state index contributed by atoms with van der Waals surface area (Å²) in [4.78, 5) is 11.0. The number of aryl methyl sites for hydroxylation is 2. The van der Waals surface area contributed by atoms with Gasteiger partial charge < -0.3 is 5.11 Å². The Labute approximate surface area is 125 Å². The summed E-state index contributed by atoms with van der Waals surface area (Å²) in [7, 11) is -3.48. The molecule has 1 unspecified atom stereocenters. The van der Waals surface area contributed by atoms with Crippen LogP contribution in [-0.4, -0.2) is 36.9 Å². The fraction of sp³-hybridized carbons (Fsp3) is 0.533. The molecule has 0 spiro atoms. The standard InChI is InChI=1S/C15H21NO4S/c1-11-3-4-12(2)14(9-11)21(19,20)16-8-7-13(10-16)5-6-15(17)18/h3-4,9,13H,5-8,10H2,1-2H3,(H,17,18). The first kappa shape index (κ1) is 16.0. The molecular weight excluding hydrogens is 290 g/mol. The van der Waals surface area contributed by atoms with Crippen molar-refractivity contribution in [2.45, 2.75) is 38.0 Å². The van der Waals surface area contributed by atoms with E-state index in [0.29, 0.717) is 24.4 Å². The molecule has 0 bridgehead atoms. The van der Waals surface area contributed by atoms with Crippen molar-refractivity contribution >= 4 is 16.0 Å². The molecule has 0 aliphatic carbocycles. The van der Waals surface area contributed by atoms with Crippen LogP contribution in [0.15, 0.2) is 23.1 Å². The lowest BCUT2D eigenvalue weighted by atomic mass is 10.0. The third kappa shape index (κ3) is 3.63. The van der Waals surface area contributed by atoms with Crippen molar-refractivity contribution in [2.24, 2.45) is 5.92 Å². The Kier molecular flexibility index (Phi) is 4.68. The Morgan fingerprint density at radius 2 is 2.10 bits per heavy atom. The van der Waals surface area contributed by atoms with Gasteiger partial charge in [-0.25, -0.2) is 8.42 Å². The molecular formula is C15H21NO4S. The average Bonchev–Trinajstić information content (AvgIpc) is 2.88. The van der Waals surface area contributed by atoms with E-state index in [0.717, 1.165) is 17.5 Å². The predicted octanol–water partition coefficient (Wildman–Crippen LogP) is 2.18. The normalized spacial score (nSPS) is 19.8. The van der Waals surface area contributed by atoms with Gasteiger partial charge in [0.15, 0.2) is 0 Å². The summed E-state index contributed by atoms with van der Waals surface area (Å²) >= 11 is 0. The van der Waals surface area contributed by atoms with Crippen LogP contribution in [-0.2, 0) is 14.8 Å². The molecule has 1 heterocycles. The highest BCUT2D eigenvalue weighted by atomic mass is 32.2. The van der Waals surface area contributed by atoms with E-state index >= 15 is 0 Å². The van der Waals surface area contributed by atoms with Gasteiger partial charge in [0, 0.05) is 19.5 Å². The number of carboxylic acid groups (broad SMARTS) is 1. The molecule has 0 radical (unpaired) electrons. The van der Waals surface area contributed by atoms with Gasteiger partial charge in [-0.2, -0.15) is 4.31 Å². The Hall–Kier alpha value is -1.40. The number of nitrogens with zero attached hydrogens (tertiary/aromatic N) is 1. The minimum Gasteiger partial charge on any atom is -0.481 e. The molecule has 1 fully saturated rings. The van der Waals surface area contributed by atoms with E-state index in [1.54, 1.807) is 13.0 Å². The molecule has 1 aromatic rings. The predicted molar refractivity (Wildman–Crippen MR) is 79.7 cm³/mol. The maximum absolute atomic E-state index is 12.7. The Bertz CT molecular complexity index is 639. The summed E-state index contributed by atoms with van der Waals surface area (Å²) in [6.45, 7) is 4.56. The van der Waals surface area contributed by atoms with Crippen LogP contribution >= 0.6 is 0 Å². The fourth-order valence-corrected chi connectivity index (χ4v) is 4.54. The van der Waals surface area contributed by atoms with Gasteiger partial charge >= 0.3 is 5.97 Å². The number of hydrogen-bond donors (Lipinski definition) is 1. The van der Waals surface area contributed by atoms with E-state index in [2.05, 4.69) is 0 Å². The minimum absolute atomic E-state index is 0.0992. The second kappa shape index (κ2) is 6.15. The van der Waals surface area contributed by atoms with E-state index in [-0.39, 0.29) is 12.3 Å². The number of rotatable bonds is 5. The molecule has 1 aliphatic heterocycles. The van der Waals surface area contributed by atoms with Crippen LogP contribution in [0.2, 0.25) is 0 Å². The molecule has 0 amide bonds. The maximum atomic E-state index is 12.7. The lowest BCUT2D eigenvalue weighted by Crippen LogP contribution is -2.29. The zero-order chi connectivity index (χ0) is 15.6. The van der Waals surface area contributed by atoms with Crippen molar-refractivity contribution < 1.29 is 18.3 Å². The average molecular weight is 311 g/mol. The van der Waals surface area contributed by atoms with Gasteiger partial charge in [0.1, 0.15) is 0 Å². The first-order chi connectivity index (χ1) is 9.80. The van der Waals surface area contributed by atoms with Crippen LogP contribution in [0, 0.1) is 19.8 Å². The zero-order valence-electron chi connectivity index (χ0n) is 12.4. The number of carbonyl (C=O) groups is 1. The van der Waals surface area contributed by atoms with E-state index < -0.39 is 16.0 Å². The Morgan fingerprint density at radius 3 is 2.76 bits per heavy atom. The SMILES string of the molecule is Cc1ccc(C)c(S(=O)(=O)N2CCC(CCC(=O)O)C2)c1. The third-order valence-corrected chi connectivity index (χ3v) is 5.98. The number of hydrogen-bond acceptors (Lipinski definition) is 3. The lowest BCUT2D eigenvalue weighted by Gasteiger charge is -2.18. The first-order valence-electron chi connectivity index (χ1n) is 7.10. The molecule has 1 saturated heterocycles. The molecule has 2 rings (SSSR count). The molecule has 1 atom stereocenters. The number of aliphatic carboxylic acids is 1. The van der Waals surface area contributed by atoms with Crippen LogP contribution < -0.4 is 0 Å². The molecule has 6 heteroatoms. The van der Waals surface area contributed by atoms with Gasteiger partial charge in [-0.3, -0.25) is 4.79 Å². The van der Waals surface area contributed by atoms with Gasteiger partial charge in [0.05, 0.1) is 4.90 Å². The van der Waals surface area contributed by atoms with E-state index in [1.807, 2.05) is 19.1 Å². The number of benzene rings is 1. The van der Waals surface area contributed by atoms with Crippen LogP contribution in [0.1, 0.15) is 30.4 Å². The summed E-state index contributed by atoms with van der Waals surface area (Å²) in [6.07, 6.45) is 1.37. The smallest absolute Gasteiger partial charge is 0.303 e. The van der Waals surface area contributed by atoms with Crippen LogP contribution in [0.5, 0.6) is 0 Å². The van der Waals surface area contributed by atoms with E-state index in [9.17, 15) is 13.2 Å². The van der Waals surface area contributed by atoms with E-state index in [4.69, 9.17) is 5.11 Å². The monoisotopic (exact) mass is 311 g/mol. The number of sulfonamides is 1. The summed E-state index contributed by atoms with van der Waals surface area (Å²) in [5, 5.41) is 8.71. The topological polar surface area (TPSA) is 74.7 Å². The van der Waals surface area contributed by atoms with Gasteiger partial charge in [0.25, 0.3) is 0 Å². The van der Waals surface area contributed by atoms with Crippen LogP contribution in [0.3, 0.4) is 0 Å². The third-order valence-electron chi connectivity index (χ3n) is 3.98. The molecule has 21 heavy (non-hydrogen) atoms. The van der Waals surface area contributed by atoms with E-state index in [1.165, 1.54) is 4.31 Å². The minimum atomic E-state index is -3.48. The largest absolute Gasteiger partial charge is 0.481 e. The molecule has 1 N–H and O–H groups in total. The van der Waals surface area contributed by atoms with Crippen molar-refractivity contribution in [3.05, 3.63) is 29.3 Å². The summed E-state index contributed by atoms with van der Waals surface area (Å²) in [6, 6.07) is 5.42. The maximum Gasteiger partial charge on any atom is 0.303 e. The highest BCUT2D eigenvalue weighted by molar-refractivity contribution is 7.89. The van der Waals surface area contributed by atoms with Gasteiger partial charge in [-0.15, -0.1) is 0 Å². The van der Waals surface area contributed by atoms with Crippen LogP contribution in [0.4, 0.5) is 0 Å². The molecule has 0 saturated carbocycles. The van der Waals surface area contributed by atoms with Crippen molar-refractivity contribution in [3.8, 4) is 0 Å². The summed E-state index contributed by atoms with van der Waals surface area (Å²) in [5.41, 5.74) is 1.66. The zero-order valence-corrected chi connectivity index (χ0v) is 13.2. The van der Waals surface area contributed by atoms with Crippen molar-refractivity contribution in [2.75, 3.05) is 13.1 Å². The summed E-state index contributed by atoms with van der Waals surface area (Å²) < 4.78 is 26.9. The Balaban J connectivity index is 2.14. The Morgan fingerprint density at radius 1 is 1.38 bits per heavy atom. The highest BCUT2D eigenvalue weighted by Gasteiger charge is 2.33. The van der Waals surface area contributed by atoms with Crippen molar-refractivity contribution in [1.29, 1.82) is 0 Å². The molecule has 5 nitrogen and oxygen atoms in total. The quantitative estimate of drug-likeness (QED) is 0.904. The number of carboxylic acids is 1. The first-order valence-corrected chi connectivity index (χ1v) is 8.54.